The minimum Gasteiger partial charge on any atom is -0.507 e. The molecule has 0 radical (unpaired) electrons. The van der Waals surface area contributed by atoms with E-state index in [-0.39, 0.29) is 23.5 Å². The number of carbonyl (C=O) groups is 2. The van der Waals surface area contributed by atoms with Crippen molar-refractivity contribution < 1.29 is 19.4 Å². The fourth-order valence-corrected chi connectivity index (χ4v) is 3.08. The number of carbonyl (C=O) groups excluding carboxylic acids is 2. The van der Waals surface area contributed by atoms with Gasteiger partial charge in [0.15, 0.2) is 5.65 Å². The second-order valence-corrected chi connectivity index (χ2v) is 6.01. The molecule has 0 spiro atoms. The average Bonchev–Trinajstić information content (AvgIpc) is 3.10. The van der Waals surface area contributed by atoms with Gasteiger partial charge in [0.1, 0.15) is 29.2 Å². The summed E-state index contributed by atoms with van der Waals surface area (Å²) < 4.78 is 5.93. The molecule has 3 rings (SSSR count). The van der Waals surface area contributed by atoms with Gasteiger partial charge in [-0.2, -0.15) is 5.10 Å². The van der Waals surface area contributed by atoms with Crippen LogP contribution in [0.1, 0.15) is 10.4 Å². The zero-order valence-electron chi connectivity index (χ0n) is 13.2. The molecule has 0 unspecified atom stereocenters. The summed E-state index contributed by atoms with van der Waals surface area (Å²) in [6.45, 7) is -0.310. The zero-order chi connectivity index (χ0) is 17.8. The quantitative estimate of drug-likeness (QED) is 0.666. The van der Waals surface area contributed by atoms with Gasteiger partial charge in [0, 0.05) is 11.0 Å². The summed E-state index contributed by atoms with van der Waals surface area (Å²) in [7, 11) is 1.22. The van der Waals surface area contributed by atoms with Gasteiger partial charge in [0.05, 0.1) is 7.11 Å². The second-order valence-electron chi connectivity index (χ2n) is 4.91. The molecule has 0 bridgehead atoms. The third-order valence-corrected chi connectivity index (χ3v) is 4.32. The molecule has 128 valence electrons. The Hall–Kier alpha value is -3.07. The Labute approximate surface area is 146 Å². The van der Waals surface area contributed by atoms with Gasteiger partial charge in [-0.1, -0.05) is 30.0 Å². The van der Waals surface area contributed by atoms with Gasteiger partial charge in [-0.3, -0.25) is 9.59 Å². The van der Waals surface area contributed by atoms with E-state index in [0.717, 1.165) is 4.90 Å². The monoisotopic (exact) mass is 358 g/mol. The maximum Gasteiger partial charge on any atom is 0.325 e. The molecule has 1 aromatic carbocycles. The Balaban J connectivity index is 1.95. The van der Waals surface area contributed by atoms with E-state index in [4.69, 9.17) is 0 Å². The van der Waals surface area contributed by atoms with Crippen molar-refractivity contribution in [1.82, 2.24) is 19.9 Å². The predicted octanol–water partition coefficient (Wildman–Crippen LogP) is 1.49. The van der Waals surface area contributed by atoms with E-state index in [9.17, 15) is 14.7 Å². The first-order valence-corrected chi connectivity index (χ1v) is 8.05. The van der Waals surface area contributed by atoms with E-state index in [0.29, 0.717) is 5.03 Å². The third kappa shape index (κ3) is 3.56. The number of rotatable bonds is 5. The first-order valence-electron chi connectivity index (χ1n) is 7.23. The van der Waals surface area contributed by atoms with E-state index >= 15 is 0 Å². The van der Waals surface area contributed by atoms with Crippen molar-refractivity contribution in [3.63, 3.8) is 0 Å². The van der Waals surface area contributed by atoms with Crippen LogP contribution in [0.4, 0.5) is 0 Å². The largest absolute Gasteiger partial charge is 0.507 e. The predicted molar refractivity (Wildman–Crippen MR) is 89.6 cm³/mol. The number of benzene rings is 1. The number of aromatic nitrogens is 3. The maximum atomic E-state index is 12.3. The van der Waals surface area contributed by atoms with Crippen LogP contribution < -0.4 is 5.32 Å². The van der Waals surface area contributed by atoms with Crippen LogP contribution in [-0.4, -0.2) is 45.2 Å². The molecular formula is C16H14N4O4S. The summed E-state index contributed by atoms with van der Waals surface area (Å²) in [5, 5.41) is 17.4. The van der Waals surface area contributed by atoms with Crippen molar-refractivity contribution >= 4 is 29.3 Å². The van der Waals surface area contributed by atoms with Crippen LogP contribution >= 0.6 is 11.8 Å². The lowest BCUT2D eigenvalue weighted by Crippen LogP contribution is -2.30. The number of amides is 1. The van der Waals surface area contributed by atoms with E-state index in [1.807, 2.05) is 30.3 Å². The van der Waals surface area contributed by atoms with Crippen molar-refractivity contribution in [2.75, 3.05) is 13.7 Å². The van der Waals surface area contributed by atoms with Gasteiger partial charge in [0.25, 0.3) is 5.91 Å². The van der Waals surface area contributed by atoms with Crippen LogP contribution in [0.5, 0.6) is 5.75 Å². The van der Waals surface area contributed by atoms with Crippen LogP contribution in [0.2, 0.25) is 0 Å². The van der Waals surface area contributed by atoms with Crippen molar-refractivity contribution in [2.24, 2.45) is 0 Å². The normalized spacial score (nSPS) is 10.6. The van der Waals surface area contributed by atoms with E-state index < -0.39 is 11.9 Å². The SMILES string of the molecule is COC(=O)CNC(=O)c1c(O)cc(Sc2ccccc2)n2ncnc12. The van der Waals surface area contributed by atoms with Crippen LogP contribution in [-0.2, 0) is 9.53 Å². The van der Waals surface area contributed by atoms with Crippen LogP contribution in [0.15, 0.2) is 52.6 Å². The fourth-order valence-electron chi connectivity index (χ4n) is 2.15. The van der Waals surface area contributed by atoms with E-state index in [1.165, 1.54) is 35.8 Å². The Morgan fingerprint density at radius 3 is 2.80 bits per heavy atom. The number of nitrogens with one attached hydrogen (secondary N) is 1. The van der Waals surface area contributed by atoms with Gasteiger partial charge in [-0.05, 0) is 12.1 Å². The minimum atomic E-state index is -0.642. The highest BCUT2D eigenvalue weighted by Crippen LogP contribution is 2.32. The Morgan fingerprint density at radius 1 is 1.32 bits per heavy atom. The molecule has 0 fully saturated rings. The summed E-state index contributed by atoms with van der Waals surface area (Å²) >= 11 is 1.37. The number of aromatic hydroxyl groups is 1. The lowest BCUT2D eigenvalue weighted by Gasteiger charge is -2.10. The van der Waals surface area contributed by atoms with Crippen molar-refractivity contribution in [3.8, 4) is 5.75 Å². The first-order chi connectivity index (χ1) is 12.1. The van der Waals surface area contributed by atoms with E-state index in [1.54, 1.807) is 0 Å². The van der Waals surface area contributed by atoms with Crippen molar-refractivity contribution in [3.05, 3.63) is 48.3 Å². The molecule has 1 amide bonds. The number of methoxy groups -OCH3 is 1. The molecule has 3 aromatic rings. The molecular weight excluding hydrogens is 344 g/mol. The van der Waals surface area contributed by atoms with Crippen LogP contribution in [0, 0.1) is 0 Å². The van der Waals surface area contributed by atoms with Gasteiger partial charge < -0.3 is 15.2 Å². The number of esters is 1. The summed E-state index contributed by atoms with van der Waals surface area (Å²) in [4.78, 5) is 28.5. The second kappa shape index (κ2) is 7.22. The number of pyridine rings is 1. The minimum absolute atomic E-state index is 0.0567. The van der Waals surface area contributed by atoms with Gasteiger partial charge in [-0.15, -0.1) is 0 Å². The highest BCUT2D eigenvalue weighted by Gasteiger charge is 2.21. The fraction of sp³-hybridized carbons (Fsp3) is 0.125. The standard InChI is InChI=1S/C16H14N4O4S/c1-24-13(22)8-17-16(23)14-11(21)7-12(20-15(14)18-9-19-20)25-10-5-3-2-4-6-10/h2-7,9,21H,8H2,1H3,(H,17,23). The van der Waals surface area contributed by atoms with Gasteiger partial charge in [0.2, 0.25) is 0 Å². The lowest BCUT2D eigenvalue weighted by molar-refractivity contribution is -0.139. The summed E-state index contributed by atoms with van der Waals surface area (Å²) in [6, 6.07) is 11.0. The molecule has 0 aliphatic carbocycles. The Kier molecular flexibility index (Phi) is 4.85. The number of nitrogens with zero attached hydrogens (tertiary/aromatic N) is 3. The molecule has 9 heteroatoms. The van der Waals surface area contributed by atoms with Crippen LogP contribution in [0.25, 0.3) is 5.65 Å². The Bertz CT molecular complexity index is 927. The lowest BCUT2D eigenvalue weighted by atomic mass is 10.2. The highest BCUT2D eigenvalue weighted by molar-refractivity contribution is 7.99. The zero-order valence-corrected chi connectivity index (χ0v) is 14.0. The molecule has 0 atom stereocenters. The molecule has 0 aliphatic heterocycles. The topological polar surface area (TPSA) is 106 Å². The maximum absolute atomic E-state index is 12.3. The third-order valence-electron chi connectivity index (χ3n) is 3.31. The number of fused-ring (bicyclic) bond motifs is 1. The molecule has 0 saturated carbocycles. The average molecular weight is 358 g/mol. The van der Waals surface area contributed by atoms with Crippen LogP contribution in [0.3, 0.4) is 0 Å². The van der Waals surface area contributed by atoms with Gasteiger partial charge >= 0.3 is 5.97 Å². The summed E-state index contributed by atoms with van der Waals surface area (Å²) in [5.41, 5.74) is 0.139. The first kappa shape index (κ1) is 16.8. The van der Waals surface area contributed by atoms with Gasteiger partial charge in [-0.25, -0.2) is 9.50 Å². The number of hydrogen-bond acceptors (Lipinski definition) is 7. The molecule has 2 N–H and O–H groups in total. The number of ether oxygens (including phenoxy) is 1. The number of hydrogen-bond donors (Lipinski definition) is 2. The molecule has 2 heterocycles. The smallest absolute Gasteiger partial charge is 0.325 e. The molecule has 8 nitrogen and oxygen atoms in total. The Morgan fingerprint density at radius 2 is 2.08 bits per heavy atom. The highest BCUT2D eigenvalue weighted by atomic mass is 32.2. The summed E-state index contributed by atoms with van der Waals surface area (Å²) in [6.07, 6.45) is 1.29. The van der Waals surface area contributed by atoms with Crippen molar-refractivity contribution in [1.29, 1.82) is 0 Å². The van der Waals surface area contributed by atoms with E-state index in [2.05, 4.69) is 20.1 Å². The van der Waals surface area contributed by atoms with Crippen molar-refractivity contribution in [2.45, 2.75) is 9.92 Å². The molecule has 25 heavy (non-hydrogen) atoms. The molecule has 0 saturated heterocycles. The molecule has 0 aliphatic rings. The molecule has 2 aromatic heterocycles. The summed E-state index contributed by atoms with van der Waals surface area (Å²) in [5.74, 6) is -1.49.